The van der Waals surface area contributed by atoms with Gasteiger partial charge in [0.15, 0.2) is 0 Å². The predicted octanol–water partition coefficient (Wildman–Crippen LogP) is 2.71. The van der Waals surface area contributed by atoms with Crippen LogP contribution in [-0.4, -0.2) is 31.4 Å². The Bertz CT molecular complexity index is 716. The molecule has 0 spiro atoms. The molecule has 0 amide bonds. The number of aromatic hydroxyl groups is 1. The van der Waals surface area contributed by atoms with Crippen LogP contribution in [0.15, 0.2) is 24.3 Å². The lowest BCUT2D eigenvalue weighted by Gasteiger charge is -2.11. The standard InChI is InChI=1S/C13H15NO.CH4O3S/c1-8-7-10-5-4-6-11(14-3)12(10)13(15)9(8)2;1-5(2,3)4/h4-7,14-15H,1-3H3;1H3,(H,2,3,4). The summed E-state index contributed by atoms with van der Waals surface area (Å²) in [5.41, 5.74) is 3.03. The fourth-order valence-electron chi connectivity index (χ4n) is 1.88. The maximum Gasteiger partial charge on any atom is 0.261 e. The molecule has 0 aliphatic heterocycles. The minimum atomic E-state index is -3.67. The van der Waals surface area contributed by atoms with Crippen LogP contribution in [0, 0.1) is 13.8 Å². The summed E-state index contributed by atoms with van der Waals surface area (Å²) in [4.78, 5) is 0. The first kappa shape index (κ1) is 16.3. The molecule has 110 valence electrons. The molecule has 0 bridgehead atoms. The third-order valence-electron chi connectivity index (χ3n) is 2.92. The topological polar surface area (TPSA) is 86.6 Å². The number of hydrogen-bond acceptors (Lipinski definition) is 4. The molecule has 0 saturated heterocycles. The molecule has 6 heteroatoms. The highest BCUT2D eigenvalue weighted by molar-refractivity contribution is 7.85. The normalized spacial score (nSPS) is 10.8. The van der Waals surface area contributed by atoms with E-state index in [1.807, 2.05) is 39.1 Å². The van der Waals surface area contributed by atoms with E-state index in [9.17, 15) is 13.5 Å². The highest BCUT2D eigenvalue weighted by Crippen LogP contribution is 2.35. The maximum absolute atomic E-state index is 10.1. The number of rotatable bonds is 1. The van der Waals surface area contributed by atoms with Gasteiger partial charge in [-0.3, -0.25) is 4.55 Å². The Morgan fingerprint density at radius 2 is 1.75 bits per heavy atom. The summed E-state index contributed by atoms with van der Waals surface area (Å²) in [5, 5.41) is 15.2. The van der Waals surface area contributed by atoms with Crippen molar-refractivity contribution in [3.05, 3.63) is 35.4 Å². The first-order valence-electron chi connectivity index (χ1n) is 5.97. The molecule has 0 heterocycles. The van der Waals surface area contributed by atoms with Crippen molar-refractivity contribution >= 4 is 26.6 Å². The van der Waals surface area contributed by atoms with Gasteiger partial charge in [0.05, 0.1) is 6.26 Å². The monoisotopic (exact) mass is 297 g/mol. The van der Waals surface area contributed by atoms with Crippen molar-refractivity contribution in [2.75, 3.05) is 18.6 Å². The Kier molecular flexibility index (Phi) is 4.97. The molecule has 20 heavy (non-hydrogen) atoms. The molecule has 2 rings (SSSR count). The summed E-state index contributed by atoms with van der Waals surface area (Å²) >= 11 is 0. The minimum Gasteiger partial charge on any atom is -0.507 e. The van der Waals surface area contributed by atoms with Crippen LogP contribution in [0.5, 0.6) is 5.75 Å². The quantitative estimate of drug-likeness (QED) is 0.705. The predicted molar refractivity (Wildman–Crippen MR) is 82.1 cm³/mol. The second-order valence-electron chi connectivity index (χ2n) is 4.55. The second kappa shape index (κ2) is 6.11. The number of benzene rings is 2. The second-order valence-corrected chi connectivity index (χ2v) is 6.02. The van der Waals surface area contributed by atoms with Gasteiger partial charge in [-0.05, 0) is 36.4 Å². The zero-order valence-corrected chi connectivity index (χ0v) is 12.7. The summed E-state index contributed by atoms with van der Waals surface area (Å²) in [6, 6.07) is 8.08. The van der Waals surface area contributed by atoms with E-state index < -0.39 is 10.1 Å². The van der Waals surface area contributed by atoms with Crippen molar-refractivity contribution in [2.45, 2.75) is 13.8 Å². The van der Waals surface area contributed by atoms with E-state index in [-0.39, 0.29) is 0 Å². The summed E-state index contributed by atoms with van der Waals surface area (Å²) < 4.78 is 25.9. The van der Waals surface area contributed by atoms with Gasteiger partial charge in [0.1, 0.15) is 5.75 Å². The first-order valence-corrected chi connectivity index (χ1v) is 7.82. The molecule has 0 atom stereocenters. The Labute approximate surface area is 119 Å². The van der Waals surface area contributed by atoms with E-state index in [1.165, 1.54) is 0 Å². The lowest BCUT2D eigenvalue weighted by atomic mass is 10.00. The summed E-state index contributed by atoms with van der Waals surface area (Å²) in [7, 11) is -1.80. The minimum absolute atomic E-state index is 0.384. The Morgan fingerprint density at radius 3 is 2.25 bits per heavy atom. The number of hydrogen-bond donors (Lipinski definition) is 3. The molecule has 0 radical (unpaired) electrons. The van der Waals surface area contributed by atoms with E-state index in [0.29, 0.717) is 12.0 Å². The van der Waals surface area contributed by atoms with E-state index in [0.717, 1.165) is 27.6 Å². The fraction of sp³-hybridized carbons (Fsp3) is 0.286. The largest absolute Gasteiger partial charge is 0.507 e. The van der Waals surface area contributed by atoms with Crippen LogP contribution >= 0.6 is 0 Å². The number of phenols is 1. The summed E-state index contributed by atoms with van der Waals surface area (Å²) in [5.74, 6) is 0.384. The molecule has 0 unspecified atom stereocenters. The van der Waals surface area contributed by atoms with Gasteiger partial charge in [0, 0.05) is 18.1 Å². The molecular weight excluding hydrogens is 278 g/mol. The van der Waals surface area contributed by atoms with Crippen molar-refractivity contribution < 1.29 is 18.1 Å². The number of fused-ring (bicyclic) bond motifs is 1. The van der Waals surface area contributed by atoms with Gasteiger partial charge < -0.3 is 10.4 Å². The Morgan fingerprint density at radius 1 is 1.20 bits per heavy atom. The SMILES string of the molecule is CNc1cccc2cc(C)c(C)c(O)c12.CS(=O)(=O)O. The van der Waals surface area contributed by atoms with Crippen molar-refractivity contribution in [1.29, 1.82) is 0 Å². The maximum atomic E-state index is 10.1. The highest BCUT2D eigenvalue weighted by Gasteiger charge is 2.09. The molecule has 0 aromatic heterocycles. The van der Waals surface area contributed by atoms with Gasteiger partial charge in [-0.1, -0.05) is 18.2 Å². The van der Waals surface area contributed by atoms with Crippen LogP contribution in [-0.2, 0) is 10.1 Å². The van der Waals surface area contributed by atoms with Gasteiger partial charge in [-0.15, -0.1) is 0 Å². The average molecular weight is 297 g/mol. The van der Waals surface area contributed by atoms with Crippen LogP contribution < -0.4 is 5.32 Å². The highest BCUT2D eigenvalue weighted by atomic mass is 32.2. The molecule has 3 N–H and O–H groups in total. The van der Waals surface area contributed by atoms with E-state index in [1.54, 1.807) is 0 Å². The molecule has 0 fully saturated rings. The van der Waals surface area contributed by atoms with Crippen LogP contribution in [0.2, 0.25) is 0 Å². The molecule has 0 saturated carbocycles. The van der Waals surface area contributed by atoms with Crippen LogP contribution in [0.3, 0.4) is 0 Å². The van der Waals surface area contributed by atoms with Gasteiger partial charge >= 0.3 is 0 Å². The number of anilines is 1. The lowest BCUT2D eigenvalue weighted by molar-refractivity contribution is 0.477. The van der Waals surface area contributed by atoms with Crippen molar-refractivity contribution in [3.63, 3.8) is 0 Å². The zero-order chi connectivity index (χ0) is 15.5. The van der Waals surface area contributed by atoms with Gasteiger partial charge in [0.2, 0.25) is 0 Å². The molecule has 2 aromatic carbocycles. The molecule has 0 aliphatic rings. The molecule has 0 aliphatic carbocycles. The molecule has 5 nitrogen and oxygen atoms in total. The smallest absolute Gasteiger partial charge is 0.261 e. The van der Waals surface area contributed by atoms with Gasteiger partial charge in [-0.2, -0.15) is 8.42 Å². The van der Waals surface area contributed by atoms with Crippen LogP contribution in [0.4, 0.5) is 5.69 Å². The van der Waals surface area contributed by atoms with Crippen molar-refractivity contribution in [2.24, 2.45) is 0 Å². The van der Waals surface area contributed by atoms with Gasteiger partial charge in [0.25, 0.3) is 10.1 Å². The zero-order valence-electron chi connectivity index (χ0n) is 11.9. The number of phenolic OH excluding ortho intramolecular Hbond substituents is 1. The lowest BCUT2D eigenvalue weighted by Crippen LogP contribution is -1.92. The fourth-order valence-corrected chi connectivity index (χ4v) is 1.88. The number of aryl methyl sites for hydroxylation is 1. The van der Waals surface area contributed by atoms with Gasteiger partial charge in [-0.25, -0.2) is 0 Å². The van der Waals surface area contributed by atoms with E-state index in [2.05, 4.69) is 11.4 Å². The Balaban J connectivity index is 0.000000347. The molecular formula is C14H19NO4S. The summed E-state index contributed by atoms with van der Waals surface area (Å²) in [6.45, 7) is 3.96. The van der Waals surface area contributed by atoms with Crippen LogP contribution in [0.1, 0.15) is 11.1 Å². The Hall–Kier alpha value is -1.79. The van der Waals surface area contributed by atoms with Crippen LogP contribution in [0.25, 0.3) is 10.8 Å². The van der Waals surface area contributed by atoms with Crippen molar-refractivity contribution in [3.8, 4) is 5.75 Å². The summed E-state index contributed by atoms with van der Waals surface area (Å²) in [6.07, 6.45) is 0.715. The first-order chi connectivity index (χ1) is 9.15. The van der Waals surface area contributed by atoms with Crippen molar-refractivity contribution in [1.82, 2.24) is 0 Å². The number of nitrogens with one attached hydrogen (secondary N) is 1. The van der Waals surface area contributed by atoms with E-state index in [4.69, 9.17) is 4.55 Å². The van der Waals surface area contributed by atoms with E-state index >= 15 is 0 Å². The molecule has 2 aromatic rings. The average Bonchev–Trinajstić information content (AvgIpc) is 2.33. The third-order valence-corrected chi connectivity index (χ3v) is 2.92. The third kappa shape index (κ3) is 4.11.